The number of ether oxygens (including phenoxy) is 1. The molecule has 1 aliphatic carbocycles. The largest absolute Gasteiger partial charge is 0.480 e. The quantitative estimate of drug-likeness (QED) is 0.800. The molecule has 2 unspecified atom stereocenters. The number of carbonyl (C=O) groups is 1. The molecular formula is C16H24N2O2. The first-order valence-electron chi connectivity index (χ1n) is 7.37. The van der Waals surface area contributed by atoms with Gasteiger partial charge in [-0.2, -0.15) is 0 Å². The number of para-hydroxylation sites is 1. The fourth-order valence-electron chi connectivity index (χ4n) is 2.19. The highest BCUT2D eigenvalue weighted by Gasteiger charge is 2.29. The minimum absolute atomic E-state index is 0.0770. The standard InChI is InChI=1S/C16H24N2O2/c1-3-14(20-15-7-5-4-6-11(15)2)16(19)18-10-13(17)12-8-9-12/h4-7,12-14H,3,8-10,17H2,1-2H3,(H,18,19). The first kappa shape index (κ1) is 14.9. The summed E-state index contributed by atoms with van der Waals surface area (Å²) >= 11 is 0. The Bertz CT molecular complexity index is 458. The fraction of sp³-hybridized carbons (Fsp3) is 0.562. The number of rotatable bonds is 7. The van der Waals surface area contributed by atoms with Crippen molar-refractivity contribution in [2.24, 2.45) is 11.7 Å². The molecule has 1 aromatic rings. The van der Waals surface area contributed by atoms with Crippen LogP contribution in [0.25, 0.3) is 0 Å². The Balaban J connectivity index is 1.86. The maximum absolute atomic E-state index is 12.1. The lowest BCUT2D eigenvalue weighted by Gasteiger charge is -2.20. The van der Waals surface area contributed by atoms with Crippen LogP contribution in [0.15, 0.2) is 24.3 Å². The number of aryl methyl sites for hydroxylation is 1. The summed E-state index contributed by atoms with van der Waals surface area (Å²) in [4.78, 5) is 12.1. The van der Waals surface area contributed by atoms with Crippen molar-refractivity contribution >= 4 is 5.91 Å². The van der Waals surface area contributed by atoms with Gasteiger partial charge in [0.15, 0.2) is 6.10 Å². The van der Waals surface area contributed by atoms with E-state index in [9.17, 15) is 4.79 Å². The van der Waals surface area contributed by atoms with Crippen molar-refractivity contribution in [2.45, 2.75) is 45.3 Å². The molecule has 1 aromatic carbocycles. The van der Waals surface area contributed by atoms with Crippen LogP contribution in [-0.4, -0.2) is 24.6 Å². The number of hydrogen-bond donors (Lipinski definition) is 2. The first-order valence-corrected chi connectivity index (χ1v) is 7.37. The van der Waals surface area contributed by atoms with Crippen LogP contribution in [0, 0.1) is 12.8 Å². The van der Waals surface area contributed by atoms with Crippen molar-refractivity contribution in [1.29, 1.82) is 0 Å². The fourth-order valence-corrected chi connectivity index (χ4v) is 2.19. The van der Waals surface area contributed by atoms with E-state index in [2.05, 4.69) is 5.32 Å². The lowest BCUT2D eigenvalue weighted by molar-refractivity contribution is -0.128. The summed E-state index contributed by atoms with van der Waals surface area (Å²) in [7, 11) is 0. The van der Waals surface area contributed by atoms with Gasteiger partial charge in [-0.15, -0.1) is 0 Å². The van der Waals surface area contributed by atoms with E-state index in [0.29, 0.717) is 18.9 Å². The third-order valence-corrected chi connectivity index (χ3v) is 3.77. The van der Waals surface area contributed by atoms with Crippen LogP contribution in [-0.2, 0) is 4.79 Å². The van der Waals surface area contributed by atoms with Crippen molar-refractivity contribution in [3.05, 3.63) is 29.8 Å². The molecule has 1 amide bonds. The van der Waals surface area contributed by atoms with Crippen LogP contribution in [0.5, 0.6) is 5.75 Å². The molecule has 20 heavy (non-hydrogen) atoms. The van der Waals surface area contributed by atoms with Gasteiger partial charge in [0.2, 0.25) is 0 Å². The van der Waals surface area contributed by atoms with E-state index in [-0.39, 0.29) is 11.9 Å². The second-order valence-corrected chi connectivity index (χ2v) is 5.53. The average Bonchev–Trinajstić information content (AvgIpc) is 3.28. The lowest BCUT2D eigenvalue weighted by Crippen LogP contribution is -2.44. The highest BCUT2D eigenvalue weighted by atomic mass is 16.5. The SMILES string of the molecule is CCC(Oc1ccccc1C)C(=O)NCC(N)C1CC1. The van der Waals surface area contributed by atoms with Crippen molar-refractivity contribution in [1.82, 2.24) is 5.32 Å². The Morgan fingerprint density at radius 3 is 2.75 bits per heavy atom. The number of nitrogens with one attached hydrogen (secondary N) is 1. The summed E-state index contributed by atoms with van der Waals surface area (Å²) in [6.45, 7) is 4.46. The molecule has 4 heteroatoms. The Labute approximate surface area is 120 Å². The molecule has 4 nitrogen and oxygen atoms in total. The summed E-state index contributed by atoms with van der Waals surface area (Å²) in [6.07, 6.45) is 2.56. The molecular weight excluding hydrogens is 252 g/mol. The second-order valence-electron chi connectivity index (χ2n) is 5.53. The van der Waals surface area contributed by atoms with Crippen LogP contribution in [0.3, 0.4) is 0 Å². The van der Waals surface area contributed by atoms with Crippen LogP contribution >= 0.6 is 0 Å². The molecule has 1 fully saturated rings. The van der Waals surface area contributed by atoms with Gasteiger partial charge in [-0.3, -0.25) is 4.79 Å². The molecule has 3 N–H and O–H groups in total. The maximum Gasteiger partial charge on any atom is 0.261 e. The van der Waals surface area contributed by atoms with Crippen molar-refractivity contribution in [3.8, 4) is 5.75 Å². The molecule has 110 valence electrons. The Morgan fingerprint density at radius 2 is 2.15 bits per heavy atom. The molecule has 1 aliphatic rings. The summed E-state index contributed by atoms with van der Waals surface area (Å²) in [5.74, 6) is 1.28. The van der Waals surface area contributed by atoms with E-state index in [0.717, 1.165) is 11.3 Å². The zero-order valence-corrected chi connectivity index (χ0v) is 12.3. The molecule has 2 rings (SSSR count). The number of amides is 1. The Kier molecular flexibility index (Phi) is 5.01. The van der Waals surface area contributed by atoms with Gasteiger partial charge in [0.25, 0.3) is 5.91 Å². The summed E-state index contributed by atoms with van der Waals surface area (Å²) < 4.78 is 5.81. The van der Waals surface area contributed by atoms with E-state index < -0.39 is 6.10 Å². The van der Waals surface area contributed by atoms with Crippen molar-refractivity contribution < 1.29 is 9.53 Å². The van der Waals surface area contributed by atoms with Crippen LogP contribution in [0.1, 0.15) is 31.7 Å². The Hall–Kier alpha value is -1.55. The third-order valence-electron chi connectivity index (χ3n) is 3.77. The van der Waals surface area contributed by atoms with E-state index in [1.165, 1.54) is 12.8 Å². The molecule has 0 bridgehead atoms. The molecule has 0 spiro atoms. The van der Waals surface area contributed by atoms with Crippen LogP contribution < -0.4 is 15.8 Å². The van der Waals surface area contributed by atoms with Crippen LogP contribution in [0.4, 0.5) is 0 Å². The summed E-state index contributed by atoms with van der Waals surface area (Å²) in [5, 5.41) is 2.91. The minimum atomic E-state index is -0.456. The molecule has 0 saturated heterocycles. The van der Waals surface area contributed by atoms with E-state index in [1.54, 1.807) is 0 Å². The average molecular weight is 276 g/mol. The molecule has 0 heterocycles. The molecule has 0 radical (unpaired) electrons. The van der Waals surface area contributed by atoms with Gasteiger partial charge in [0.05, 0.1) is 0 Å². The first-order chi connectivity index (χ1) is 9.61. The molecule has 2 atom stereocenters. The number of benzene rings is 1. The number of hydrogen-bond acceptors (Lipinski definition) is 3. The molecule has 0 aromatic heterocycles. The van der Waals surface area contributed by atoms with Gasteiger partial charge in [0.1, 0.15) is 5.75 Å². The summed E-state index contributed by atoms with van der Waals surface area (Å²) in [6, 6.07) is 7.81. The highest BCUT2D eigenvalue weighted by Crippen LogP contribution is 2.31. The predicted octanol–water partition coefficient (Wildman–Crippen LogP) is 2.01. The van der Waals surface area contributed by atoms with E-state index >= 15 is 0 Å². The maximum atomic E-state index is 12.1. The normalized spacial score (nSPS) is 17.4. The third kappa shape index (κ3) is 3.97. The number of nitrogens with two attached hydrogens (primary N) is 1. The van der Waals surface area contributed by atoms with Gasteiger partial charge in [0, 0.05) is 12.6 Å². The van der Waals surface area contributed by atoms with Crippen LogP contribution in [0.2, 0.25) is 0 Å². The lowest BCUT2D eigenvalue weighted by atomic mass is 10.2. The minimum Gasteiger partial charge on any atom is -0.480 e. The van der Waals surface area contributed by atoms with E-state index in [4.69, 9.17) is 10.5 Å². The van der Waals surface area contributed by atoms with Crippen molar-refractivity contribution in [3.63, 3.8) is 0 Å². The van der Waals surface area contributed by atoms with Gasteiger partial charge in [-0.05, 0) is 43.7 Å². The topological polar surface area (TPSA) is 64.3 Å². The van der Waals surface area contributed by atoms with Gasteiger partial charge >= 0.3 is 0 Å². The zero-order valence-electron chi connectivity index (χ0n) is 12.3. The zero-order chi connectivity index (χ0) is 14.5. The Morgan fingerprint density at radius 1 is 1.45 bits per heavy atom. The molecule has 0 aliphatic heterocycles. The van der Waals surface area contributed by atoms with Crippen molar-refractivity contribution in [2.75, 3.05) is 6.54 Å². The monoisotopic (exact) mass is 276 g/mol. The second kappa shape index (κ2) is 6.75. The van der Waals surface area contributed by atoms with Gasteiger partial charge in [-0.25, -0.2) is 0 Å². The summed E-state index contributed by atoms with van der Waals surface area (Å²) in [5.41, 5.74) is 7.03. The van der Waals surface area contributed by atoms with E-state index in [1.807, 2.05) is 38.1 Å². The van der Waals surface area contributed by atoms with Gasteiger partial charge in [-0.1, -0.05) is 25.1 Å². The van der Waals surface area contributed by atoms with Gasteiger partial charge < -0.3 is 15.8 Å². The number of carbonyl (C=O) groups excluding carboxylic acids is 1. The predicted molar refractivity (Wildman–Crippen MR) is 79.6 cm³/mol. The highest BCUT2D eigenvalue weighted by molar-refractivity contribution is 5.81. The smallest absolute Gasteiger partial charge is 0.261 e. The molecule has 1 saturated carbocycles.